The molecule has 1 aromatic carbocycles. The van der Waals surface area contributed by atoms with Crippen LogP contribution in [0.25, 0.3) is 11.0 Å². The van der Waals surface area contributed by atoms with Gasteiger partial charge in [-0.05, 0) is 80.4 Å². The van der Waals surface area contributed by atoms with Crippen LogP contribution in [0.5, 0.6) is 0 Å². The first-order valence-corrected chi connectivity index (χ1v) is 9.56. The smallest absolute Gasteiger partial charge is 0.134 e. The number of nitrogens with zero attached hydrogens (tertiary/aromatic N) is 1. The minimum absolute atomic E-state index is 0.731. The van der Waals surface area contributed by atoms with Crippen molar-refractivity contribution in [3.05, 3.63) is 35.6 Å². The molecule has 23 heavy (non-hydrogen) atoms. The Morgan fingerprint density at radius 1 is 1.13 bits per heavy atom. The van der Waals surface area contributed by atoms with Crippen molar-refractivity contribution >= 4 is 11.0 Å². The summed E-state index contributed by atoms with van der Waals surface area (Å²) < 4.78 is 5.61. The van der Waals surface area contributed by atoms with Gasteiger partial charge in [0, 0.05) is 11.4 Å². The number of hydrogen-bond acceptors (Lipinski definition) is 2. The average Bonchev–Trinajstić information content (AvgIpc) is 2.97. The second kappa shape index (κ2) is 6.68. The van der Waals surface area contributed by atoms with Crippen LogP contribution in [0.3, 0.4) is 0 Å². The number of furan rings is 1. The third-order valence-electron chi connectivity index (χ3n) is 6.05. The van der Waals surface area contributed by atoms with Crippen LogP contribution in [0.4, 0.5) is 0 Å². The highest BCUT2D eigenvalue weighted by atomic mass is 16.3. The van der Waals surface area contributed by atoms with Gasteiger partial charge in [0.1, 0.15) is 5.58 Å². The van der Waals surface area contributed by atoms with Gasteiger partial charge in [-0.15, -0.1) is 0 Å². The van der Waals surface area contributed by atoms with E-state index in [4.69, 9.17) is 4.42 Å². The molecule has 0 aliphatic heterocycles. The minimum atomic E-state index is 0.731. The molecule has 2 aliphatic carbocycles. The molecule has 2 heteroatoms. The van der Waals surface area contributed by atoms with Crippen molar-refractivity contribution in [1.82, 2.24) is 4.90 Å². The molecule has 2 aliphatic rings. The van der Waals surface area contributed by atoms with Gasteiger partial charge in [0.15, 0.2) is 0 Å². The summed E-state index contributed by atoms with van der Waals surface area (Å²) in [5.74, 6) is 1.02. The van der Waals surface area contributed by atoms with Crippen LogP contribution >= 0.6 is 0 Å². The van der Waals surface area contributed by atoms with Gasteiger partial charge in [0.05, 0.1) is 6.26 Å². The fourth-order valence-electron chi connectivity index (χ4n) is 4.41. The molecule has 0 unspecified atom stereocenters. The topological polar surface area (TPSA) is 16.4 Å². The first-order valence-electron chi connectivity index (χ1n) is 9.56. The van der Waals surface area contributed by atoms with Crippen molar-refractivity contribution in [3.8, 4) is 0 Å². The second-order valence-corrected chi connectivity index (χ2v) is 7.60. The van der Waals surface area contributed by atoms with E-state index in [2.05, 4.69) is 30.0 Å². The van der Waals surface area contributed by atoms with Gasteiger partial charge in [-0.1, -0.05) is 26.2 Å². The van der Waals surface area contributed by atoms with Crippen molar-refractivity contribution in [1.29, 1.82) is 0 Å². The van der Waals surface area contributed by atoms with Crippen molar-refractivity contribution in [2.45, 2.75) is 64.3 Å². The van der Waals surface area contributed by atoms with Crippen LogP contribution < -0.4 is 0 Å². The molecule has 4 rings (SSSR count). The Kier molecular flexibility index (Phi) is 4.43. The van der Waals surface area contributed by atoms with Gasteiger partial charge in [-0.3, -0.25) is 0 Å². The summed E-state index contributed by atoms with van der Waals surface area (Å²) >= 11 is 0. The second-order valence-electron chi connectivity index (χ2n) is 7.60. The Morgan fingerprint density at radius 3 is 2.83 bits per heavy atom. The highest BCUT2D eigenvalue weighted by Crippen LogP contribution is 2.32. The van der Waals surface area contributed by atoms with E-state index in [1.165, 1.54) is 75.4 Å². The van der Waals surface area contributed by atoms with E-state index in [0.29, 0.717) is 0 Å². The molecule has 1 aromatic heterocycles. The van der Waals surface area contributed by atoms with Crippen LogP contribution in [0.1, 0.15) is 56.6 Å². The molecule has 0 spiro atoms. The Balaban J connectivity index is 1.47. The van der Waals surface area contributed by atoms with E-state index in [-0.39, 0.29) is 0 Å². The van der Waals surface area contributed by atoms with Crippen LogP contribution in [-0.4, -0.2) is 24.0 Å². The van der Waals surface area contributed by atoms with Gasteiger partial charge in [0.25, 0.3) is 0 Å². The van der Waals surface area contributed by atoms with Crippen molar-refractivity contribution in [2.24, 2.45) is 5.92 Å². The lowest BCUT2D eigenvalue weighted by Gasteiger charge is -2.37. The van der Waals surface area contributed by atoms with E-state index in [9.17, 15) is 0 Å². The standard InChI is InChI=1S/C21H29NO/c1-2-10-22(11-8-16-4-3-5-16)20-7-6-17-13-18-9-12-23-21(18)15-19(17)14-20/h9,12-13,15-16,20H,2-8,10-11,14H2,1H3/t20-/m0/s1. The molecule has 2 aromatic rings. The summed E-state index contributed by atoms with van der Waals surface area (Å²) in [7, 11) is 0. The maximum absolute atomic E-state index is 5.61. The van der Waals surface area contributed by atoms with Gasteiger partial charge in [-0.25, -0.2) is 0 Å². The number of benzene rings is 1. The zero-order valence-electron chi connectivity index (χ0n) is 14.4. The zero-order valence-corrected chi connectivity index (χ0v) is 14.4. The van der Waals surface area contributed by atoms with E-state index >= 15 is 0 Å². The third-order valence-corrected chi connectivity index (χ3v) is 6.05. The van der Waals surface area contributed by atoms with Crippen LogP contribution in [0, 0.1) is 5.92 Å². The van der Waals surface area contributed by atoms with Gasteiger partial charge in [0.2, 0.25) is 0 Å². The van der Waals surface area contributed by atoms with E-state index < -0.39 is 0 Å². The molecule has 1 saturated carbocycles. The number of aryl methyl sites for hydroxylation is 1. The van der Waals surface area contributed by atoms with E-state index in [0.717, 1.165) is 17.5 Å². The molecule has 0 amide bonds. The Morgan fingerprint density at radius 2 is 2.04 bits per heavy atom. The van der Waals surface area contributed by atoms with Gasteiger partial charge < -0.3 is 9.32 Å². The van der Waals surface area contributed by atoms with Gasteiger partial charge >= 0.3 is 0 Å². The molecule has 1 fully saturated rings. The molecular formula is C21H29NO. The van der Waals surface area contributed by atoms with Crippen LogP contribution in [0.15, 0.2) is 28.9 Å². The van der Waals surface area contributed by atoms with Crippen LogP contribution in [-0.2, 0) is 12.8 Å². The fourth-order valence-corrected chi connectivity index (χ4v) is 4.41. The molecule has 1 heterocycles. The van der Waals surface area contributed by atoms with Crippen molar-refractivity contribution < 1.29 is 4.42 Å². The highest BCUT2D eigenvalue weighted by molar-refractivity contribution is 5.79. The molecule has 0 saturated heterocycles. The number of rotatable bonds is 6. The predicted molar refractivity (Wildman–Crippen MR) is 95.8 cm³/mol. The number of hydrogen-bond donors (Lipinski definition) is 0. The summed E-state index contributed by atoms with van der Waals surface area (Å²) in [4.78, 5) is 2.79. The summed E-state index contributed by atoms with van der Waals surface area (Å²) in [5, 5.41) is 1.26. The molecule has 2 nitrogen and oxygen atoms in total. The lowest BCUT2D eigenvalue weighted by Crippen LogP contribution is -2.41. The SMILES string of the molecule is CCCN(CCC1CCC1)[C@H]1CCc2cc3ccoc3cc2C1. The molecule has 0 bridgehead atoms. The van der Waals surface area contributed by atoms with Crippen LogP contribution in [0.2, 0.25) is 0 Å². The third kappa shape index (κ3) is 3.19. The average molecular weight is 311 g/mol. The zero-order chi connectivity index (χ0) is 15.6. The van der Waals surface area contributed by atoms with E-state index in [1.807, 2.05) is 6.26 Å². The normalized spacial score (nSPS) is 21.6. The molecule has 0 N–H and O–H groups in total. The van der Waals surface area contributed by atoms with E-state index in [1.54, 1.807) is 5.56 Å². The molecular weight excluding hydrogens is 282 g/mol. The highest BCUT2D eigenvalue weighted by Gasteiger charge is 2.26. The first kappa shape index (κ1) is 15.3. The predicted octanol–water partition coefficient (Wildman–Crippen LogP) is 5.19. The summed E-state index contributed by atoms with van der Waals surface area (Å²) in [6, 6.07) is 7.47. The maximum Gasteiger partial charge on any atom is 0.134 e. The molecule has 1 atom stereocenters. The minimum Gasteiger partial charge on any atom is -0.464 e. The lowest BCUT2D eigenvalue weighted by atomic mass is 9.82. The summed E-state index contributed by atoms with van der Waals surface area (Å²) in [6.45, 7) is 4.89. The monoisotopic (exact) mass is 311 g/mol. The van der Waals surface area contributed by atoms with Crippen molar-refractivity contribution in [3.63, 3.8) is 0 Å². The largest absolute Gasteiger partial charge is 0.464 e. The Labute approximate surface area is 139 Å². The Bertz CT molecular complexity index is 655. The first-order chi connectivity index (χ1) is 11.3. The lowest BCUT2D eigenvalue weighted by molar-refractivity contribution is 0.153. The quantitative estimate of drug-likeness (QED) is 0.729. The molecule has 0 radical (unpaired) electrons. The summed E-state index contributed by atoms with van der Waals surface area (Å²) in [6.07, 6.45) is 12.7. The van der Waals surface area contributed by atoms with Crippen molar-refractivity contribution in [2.75, 3.05) is 13.1 Å². The van der Waals surface area contributed by atoms with Gasteiger partial charge in [-0.2, -0.15) is 0 Å². The summed E-state index contributed by atoms with van der Waals surface area (Å²) in [5.41, 5.74) is 4.12. The Hall–Kier alpha value is -1.28. The fraction of sp³-hybridized carbons (Fsp3) is 0.619. The maximum atomic E-state index is 5.61. The number of fused-ring (bicyclic) bond motifs is 2. The molecule has 124 valence electrons.